The molecular weight excluding hydrogens is 310 g/mol. The standard InChI is InChI=1S/C17H23N3O2S/c21-16(12-20-14-23-13-17(20)22)19-10-8-18(9-11-19)7-6-15-4-2-1-3-5-15/h1-5H,6-14H2. The van der Waals surface area contributed by atoms with E-state index in [9.17, 15) is 9.59 Å². The topological polar surface area (TPSA) is 43.9 Å². The zero-order valence-corrected chi connectivity index (χ0v) is 14.1. The Morgan fingerprint density at radius 1 is 1.09 bits per heavy atom. The molecule has 0 aromatic heterocycles. The summed E-state index contributed by atoms with van der Waals surface area (Å²) in [7, 11) is 0. The van der Waals surface area contributed by atoms with Gasteiger partial charge in [0.1, 0.15) is 6.54 Å². The van der Waals surface area contributed by atoms with Crippen LogP contribution in [0, 0.1) is 0 Å². The van der Waals surface area contributed by atoms with Gasteiger partial charge in [0.25, 0.3) is 0 Å². The first kappa shape index (κ1) is 16.3. The van der Waals surface area contributed by atoms with Gasteiger partial charge < -0.3 is 9.80 Å². The molecule has 3 rings (SSSR count). The van der Waals surface area contributed by atoms with Gasteiger partial charge in [0.05, 0.1) is 11.6 Å². The second-order valence-electron chi connectivity index (χ2n) is 6.03. The van der Waals surface area contributed by atoms with Gasteiger partial charge in [-0.2, -0.15) is 0 Å². The monoisotopic (exact) mass is 333 g/mol. The van der Waals surface area contributed by atoms with Crippen LogP contribution in [0.3, 0.4) is 0 Å². The summed E-state index contributed by atoms with van der Waals surface area (Å²) in [6, 6.07) is 10.5. The summed E-state index contributed by atoms with van der Waals surface area (Å²) in [5.74, 6) is 1.34. The number of hydrogen-bond donors (Lipinski definition) is 0. The minimum absolute atomic E-state index is 0.0866. The largest absolute Gasteiger partial charge is 0.339 e. The molecule has 0 saturated carbocycles. The van der Waals surface area contributed by atoms with Crippen LogP contribution in [0.1, 0.15) is 5.56 Å². The normalized spacial score (nSPS) is 19.4. The smallest absolute Gasteiger partial charge is 0.242 e. The van der Waals surface area contributed by atoms with Crippen LogP contribution in [-0.2, 0) is 16.0 Å². The van der Waals surface area contributed by atoms with Gasteiger partial charge >= 0.3 is 0 Å². The van der Waals surface area contributed by atoms with Gasteiger partial charge in [-0.15, -0.1) is 11.8 Å². The summed E-state index contributed by atoms with van der Waals surface area (Å²) in [6.45, 7) is 4.65. The number of carbonyl (C=O) groups excluding carboxylic acids is 2. The second-order valence-corrected chi connectivity index (χ2v) is 6.98. The highest BCUT2D eigenvalue weighted by Crippen LogP contribution is 2.15. The lowest BCUT2D eigenvalue weighted by molar-refractivity contribution is -0.139. The fourth-order valence-electron chi connectivity index (χ4n) is 2.96. The Hall–Kier alpha value is -1.53. The number of nitrogens with zero attached hydrogens (tertiary/aromatic N) is 3. The Morgan fingerprint density at radius 3 is 2.48 bits per heavy atom. The number of benzene rings is 1. The highest BCUT2D eigenvalue weighted by atomic mass is 32.2. The number of carbonyl (C=O) groups is 2. The Bertz CT molecular complexity index is 544. The third-order valence-electron chi connectivity index (χ3n) is 4.44. The molecule has 0 bridgehead atoms. The molecule has 0 spiro atoms. The number of piperazine rings is 1. The van der Waals surface area contributed by atoms with Crippen LogP contribution < -0.4 is 0 Å². The summed E-state index contributed by atoms with van der Waals surface area (Å²) < 4.78 is 0. The number of thioether (sulfide) groups is 1. The molecule has 0 aliphatic carbocycles. The number of amides is 2. The summed E-state index contributed by atoms with van der Waals surface area (Å²) in [6.07, 6.45) is 1.05. The maximum atomic E-state index is 12.3. The van der Waals surface area contributed by atoms with Crippen molar-refractivity contribution >= 4 is 23.6 Å². The van der Waals surface area contributed by atoms with Crippen LogP contribution in [0.15, 0.2) is 30.3 Å². The van der Waals surface area contributed by atoms with Crippen molar-refractivity contribution in [2.45, 2.75) is 6.42 Å². The van der Waals surface area contributed by atoms with Crippen molar-refractivity contribution in [2.24, 2.45) is 0 Å². The van der Waals surface area contributed by atoms with Gasteiger partial charge in [0.2, 0.25) is 11.8 Å². The molecule has 6 heteroatoms. The van der Waals surface area contributed by atoms with Crippen molar-refractivity contribution in [3.05, 3.63) is 35.9 Å². The van der Waals surface area contributed by atoms with Gasteiger partial charge in [0, 0.05) is 32.7 Å². The van der Waals surface area contributed by atoms with Crippen molar-refractivity contribution in [2.75, 3.05) is 50.9 Å². The summed E-state index contributed by atoms with van der Waals surface area (Å²) >= 11 is 1.58. The van der Waals surface area contributed by atoms with E-state index in [0.717, 1.165) is 39.1 Å². The molecule has 23 heavy (non-hydrogen) atoms. The Balaban J connectivity index is 1.39. The van der Waals surface area contributed by atoms with E-state index in [1.165, 1.54) is 5.56 Å². The molecule has 2 amide bonds. The van der Waals surface area contributed by atoms with Gasteiger partial charge in [-0.25, -0.2) is 0 Å². The fourth-order valence-corrected chi connectivity index (χ4v) is 3.86. The quantitative estimate of drug-likeness (QED) is 0.803. The van der Waals surface area contributed by atoms with Crippen LogP contribution in [0.25, 0.3) is 0 Å². The average molecular weight is 333 g/mol. The summed E-state index contributed by atoms with van der Waals surface area (Å²) in [5, 5.41) is 0. The van der Waals surface area contributed by atoms with E-state index >= 15 is 0 Å². The van der Waals surface area contributed by atoms with Crippen LogP contribution in [0.2, 0.25) is 0 Å². The highest BCUT2D eigenvalue weighted by Gasteiger charge is 2.27. The van der Waals surface area contributed by atoms with Crippen molar-refractivity contribution in [3.8, 4) is 0 Å². The Kier molecular flexibility index (Phi) is 5.56. The molecule has 0 atom stereocenters. The SMILES string of the molecule is O=C(CN1CSCC1=O)N1CCN(CCc2ccccc2)CC1. The van der Waals surface area contributed by atoms with Crippen LogP contribution in [0.4, 0.5) is 0 Å². The second kappa shape index (κ2) is 7.84. The van der Waals surface area contributed by atoms with E-state index in [1.807, 2.05) is 11.0 Å². The van der Waals surface area contributed by atoms with Crippen LogP contribution in [-0.4, -0.2) is 77.4 Å². The maximum absolute atomic E-state index is 12.3. The molecule has 2 heterocycles. The van der Waals surface area contributed by atoms with Crippen molar-refractivity contribution < 1.29 is 9.59 Å². The third-order valence-corrected chi connectivity index (χ3v) is 5.38. The van der Waals surface area contributed by atoms with E-state index < -0.39 is 0 Å². The zero-order chi connectivity index (χ0) is 16.1. The molecule has 5 nitrogen and oxygen atoms in total. The van der Waals surface area contributed by atoms with E-state index in [2.05, 4.69) is 29.2 Å². The minimum atomic E-state index is 0.0866. The Labute approximate surface area is 141 Å². The lowest BCUT2D eigenvalue weighted by atomic mass is 10.1. The van der Waals surface area contributed by atoms with Crippen molar-refractivity contribution in [1.29, 1.82) is 0 Å². The van der Waals surface area contributed by atoms with E-state index in [4.69, 9.17) is 0 Å². The average Bonchev–Trinajstić information content (AvgIpc) is 2.99. The van der Waals surface area contributed by atoms with E-state index in [0.29, 0.717) is 11.6 Å². The van der Waals surface area contributed by atoms with Crippen molar-refractivity contribution in [1.82, 2.24) is 14.7 Å². The molecule has 0 radical (unpaired) electrons. The molecule has 124 valence electrons. The molecular formula is C17H23N3O2S. The van der Waals surface area contributed by atoms with E-state index in [1.54, 1.807) is 16.7 Å². The predicted octanol–water partition coefficient (Wildman–Crippen LogP) is 0.906. The lowest BCUT2D eigenvalue weighted by Crippen LogP contribution is -2.51. The van der Waals surface area contributed by atoms with Crippen LogP contribution >= 0.6 is 11.8 Å². The van der Waals surface area contributed by atoms with Gasteiger partial charge in [-0.3, -0.25) is 14.5 Å². The molecule has 0 N–H and O–H groups in total. The molecule has 1 aromatic carbocycles. The van der Waals surface area contributed by atoms with Crippen molar-refractivity contribution in [3.63, 3.8) is 0 Å². The fraction of sp³-hybridized carbons (Fsp3) is 0.529. The third kappa shape index (κ3) is 4.48. The van der Waals surface area contributed by atoms with E-state index in [-0.39, 0.29) is 18.4 Å². The summed E-state index contributed by atoms with van der Waals surface area (Å²) in [5.41, 5.74) is 1.36. The van der Waals surface area contributed by atoms with Crippen LogP contribution in [0.5, 0.6) is 0 Å². The molecule has 2 fully saturated rings. The van der Waals surface area contributed by atoms with Gasteiger partial charge in [0.15, 0.2) is 0 Å². The number of hydrogen-bond acceptors (Lipinski definition) is 4. The lowest BCUT2D eigenvalue weighted by Gasteiger charge is -2.35. The zero-order valence-electron chi connectivity index (χ0n) is 13.3. The minimum Gasteiger partial charge on any atom is -0.339 e. The first-order valence-electron chi connectivity index (χ1n) is 8.12. The predicted molar refractivity (Wildman–Crippen MR) is 92.2 cm³/mol. The first-order chi connectivity index (χ1) is 11.2. The maximum Gasteiger partial charge on any atom is 0.242 e. The molecule has 0 unspecified atom stereocenters. The molecule has 2 aliphatic rings. The Morgan fingerprint density at radius 2 is 1.83 bits per heavy atom. The first-order valence-corrected chi connectivity index (χ1v) is 9.27. The van der Waals surface area contributed by atoms with Gasteiger partial charge in [-0.05, 0) is 12.0 Å². The van der Waals surface area contributed by atoms with Gasteiger partial charge in [-0.1, -0.05) is 30.3 Å². The summed E-state index contributed by atoms with van der Waals surface area (Å²) in [4.78, 5) is 29.9. The highest BCUT2D eigenvalue weighted by molar-refractivity contribution is 8.00. The number of rotatable bonds is 5. The molecule has 2 aliphatic heterocycles. The molecule has 1 aromatic rings. The molecule has 2 saturated heterocycles.